The summed E-state index contributed by atoms with van der Waals surface area (Å²) in [5, 5.41) is 21.1. The predicted octanol–water partition coefficient (Wildman–Crippen LogP) is 1.84. The van der Waals surface area contributed by atoms with Crippen molar-refractivity contribution in [2.75, 3.05) is 4.90 Å². The van der Waals surface area contributed by atoms with Gasteiger partial charge in [0.2, 0.25) is 11.1 Å². The lowest BCUT2D eigenvalue weighted by Gasteiger charge is -2.37. The van der Waals surface area contributed by atoms with E-state index in [2.05, 4.69) is 9.97 Å². The summed E-state index contributed by atoms with van der Waals surface area (Å²) < 4.78 is 0. The minimum absolute atomic E-state index is 0.0219. The summed E-state index contributed by atoms with van der Waals surface area (Å²) in [7, 11) is 0. The molecule has 108 valence electrons. The summed E-state index contributed by atoms with van der Waals surface area (Å²) in [6.45, 7) is 1.57. The van der Waals surface area contributed by atoms with Gasteiger partial charge in [-0.25, -0.2) is 4.98 Å². The normalized spacial score (nSPS) is 28.8. The fourth-order valence-corrected chi connectivity index (χ4v) is 3.61. The average Bonchev–Trinajstić information content (AvgIpc) is 2.60. The summed E-state index contributed by atoms with van der Waals surface area (Å²) >= 11 is 5.87. The number of halogens is 1. The smallest absolute Gasteiger partial charge is 0.332 e. The molecule has 2 aliphatic heterocycles. The number of aromatic nitrogens is 2. The van der Waals surface area contributed by atoms with Crippen molar-refractivity contribution in [2.45, 2.75) is 50.8 Å². The van der Waals surface area contributed by atoms with Crippen molar-refractivity contribution in [3.63, 3.8) is 0 Å². The topological polar surface area (TPSA) is 92.4 Å². The number of hydrogen-bond acceptors (Lipinski definition) is 6. The van der Waals surface area contributed by atoms with Gasteiger partial charge in [0.15, 0.2) is 0 Å². The molecule has 1 aromatic rings. The standard InChI is InChI=1S/C12H15ClN4O3/c1-6-10(17(19)20)11(15-12(13)14-6)16-7-2-3-8(16)5-9(18)4-7/h7-9,18H,2-5H2,1H3. The molecule has 1 aromatic heterocycles. The summed E-state index contributed by atoms with van der Waals surface area (Å²) in [5.74, 6) is 0.298. The lowest BCUT2D eigenvalue weighted by Crippen LogP contribution is -2.45. The van der Waals surface area contributed by atoms with Gasteiger partial charge in [0.1, 0.15) is 5.69 Å². The molecule has 2 bridgehead atoms. The van der Waals surface area contributed by atoms with Gasteiger partial charge in [-0.05, 0) is 44.2 Å². The van der Waals surface area contributed by atoms with E-state index >= 15 is 0 Å². The Bertz CT molecular complexity index is 554. The van der Waals surface area contributed by atoms with E-state index in [9.17, 15) is 15.2 Å². The Morgan fingerprint density at radius 3 is 2.50 bits per heavy atom. The zero-order chi connectivity index (χ0) is 14.4. The maximum atomic E-state index is 11.3. The van der Waals surface area contributed by atoms with Crippen LogP contribution in [-0.2, 0) is 0 Å². The first-order valence-corrected chi connectivity index (χ1v) is 7.00. The molecule has 2 atom stereocenters. The Kier molecular flexibility index (Phi) is 3.25. The van der Waals surface area contributed by atoms with E-state index in [0.717, 1.165) is 12.8 Å². The maximum Gasteiger partial charge on any atom is 0.332 e. The van der Waals surface area contributed by atoms with E-state index in [0.29, 0.717) is 18.7 Å². The van der Waals surface area contributed by atoms with E-state index in [1.165, 1.54) is 0 Å². The van der Waals surface area contributed by atoms with Gasteiger partial charge in [-0.15, -0.1) is 0 Å². The summed E-state index contributed by atoms with van der Waals surface area (Å²) in [6.07, 6.45) is 2.74. The molecule has 7 nitrogen and oxygen atoms in total. The second-order valence-corrected chi connectivity index (χ2v) is 5.76. The monoisotopic (exact) mass is 298 g/mol. The van der Waals surface area contributed by atoms with Crippen LogP contribution < -0.4 is 4.90 Å². The summed E-state index contributed by atoms with van der Waals surface area (Å²) in [5.41, 5.74) is 0.193. The van der Waals surface area contributed by atoms with E-state index in [1.54, 1.807) is 6.92 Å². The number of aliphatic hydroxyl groups is 1. The van der Waals surface area contributed by atoms with Crippen LogP contribution in [0.4, 0.5) is 11.5 Å². The molecule has 0 saturated carbocycles. The van der Waals surface area contributed by atoms with Crippen molar-refractivity contribution in [3.05, 3.63) is 21.1 Å². The molecule has 0 radical (unpaired) electrons. The molecule has 2 unspecified atom stereocenters. The third-order valence-corrected chi connectivity index (χ3v) is 4.32. The van der Waals surface area contributed by atoms with Crippen LogP contribution in [0.15, 0.2) is 0 Å². The Hall–Kier alpha value is -1.47. The maximum absolute atomic E-state index is 11.3. The summed E-state index contributed by atoms with van der Waals surface area (Å²) in [4.78, 5) is 20.8. The Labute approximate surface area is 120 Å². The van der Waals surface area contributed by atoms with Crippen LogP contribution in [0.5, 0.6) is 0 Å². The Balaban J connectivity index is 2.08. The average molecular weight is 299 g/mol. The molecule has 2 saturated heterocycles. The number of rotatable bonds is 2. The Morgan fingerprint density at radius 1 is 1.35 bits per heavy atom. The fraction of sp³-hybridized carbons (Fsp3) is 0.667. The van der Waals surface area contributed by atoms with Gasteiger partial charge in [0.25, 0.3) is 0 Å². The van der Waals surface area contributed by atoms with Crippen LogP contribution >= 0.6 is 11.6 Å². The highest BCUT2D eigenvalue weighted by atomic mass is 35.5. The van der Waals surface area contributed by atoms with Crippen molar-refractivity contribution >= 4 is 23.1 Å². The zero-order valence-corrected chi connectivity index (χ0v) is 11.7. The van der Waals surface area contributed by atoms with E-state index in [-0.39, 0.29) is 34.9 Å². The lowest BCUT2D eigenvalue weighted by atomic mass is 10.00. The molecule has 2 aliphatic rings. The van der Waals surface area contributed by atoms with E-state index < -0.39 is 4.92 Å². The van der Waals surface area contributed by atoms with E-state index in [1.807, 2.05) is 4.90 Å². The number of fused-ring (bicyclic) bond motifs is 2. The van der Waals surface area contributed by atoms with E-state index in [4.69, 9.17) is 11.6 Å². The van der Waals surface area contributed by atoms with Crippen molar-refractivity contribution in [1.29, 1.82) is 0 Å². The van der Waals surface area contributed by atoms with Crippen LogP contribution in [0.25, 0.3) is 0 Å². The largest absolute Gasteiger partial charge is 0.393 e. The van der Waals surface area contributed by atoms with Crippen LogP contribution in [0, 0.1) is 17.0 Å². The van der Waals surface area contributed by atoms with Crippen molar-refractivity contribution in [3.8, 4) is 0 Å². The van der Waals surface area contributed by atoms with Gasteiger partial charge in [-0.3, -0.25) is 10.1 Å². The molecule has 0 aromatic carbocycles. The molecule has 0 amide bonds. The zero-order valence-electron chi connectivity index (χ0n) is 11.0. The molecular formula is C12H15ClN4O3. The molecular weight excluding hydrogens is 284 g/mol. The highest BCUT2D eigenvalue weighted by Crippen LogP contribution is 2.42. The SMILES string of the molecule is Cc1nc(Cl)nc(N2C3CCC2CC(O)C3)c1[N+](=O)[O-]. The number of hydrogen-bond donors (Lipinski definition) is 1. The first-order valence-electron chi connectivity index (χ1n) is 6.62. The van der Waals surface area contributed by atoms with Crippen molar-refractivity contribution in [1.82, 2.24) is 9.97 Å². The lowest BCUT2D eigenvalue weighted by molar-refractivity contribution is -0.385. The van der Waals surface area contributed by atoms with Crippen LogP contribution in [0.3, 0.4) is 0 Å². The molecule has 0 aliphatic carbocycles. The summed E-state index contributed by atoms with van der Waals surface area (Å²) in [6, 6.07) is 0.181. The minimum Gasteiger partial charge on any atom is -0.393 e. The number of aliphatic hydroxyl groups excluding tert-OH is 1. The Morgan fingerprint density at radius 2 is 1.95 bits per heavy atom. The van der Waals surface area contributed by atoms with Gasteiger partial charge < -0.3 is 10.0 Å². The van der Waals surface area contributed by atoms with Gasteiger partial charge in [0, 0.05) is 12.1 Å². The second-order valence-electron chi connectivity index (χ2n) is 5.42. The predicted molar refractivity (Wildman–Crippen MR) is 73.0 cm³/mol. The number of nitro groups is 1. The molecule has 3 rings (SSSR count). The number of aryl methyl sites for hydroxylation is 1. The van der Waals surface area contributed by atoms with Gasteiger partial charge in [0.05, 0.1) is 11.0 Å². The van der Waals surface area contributed by atoms with Crippen molar-refractivity contribution < 1.29 is 10.0 Å². The number of nitrogens with zero attached hydrogens (tertiary/aromatic N) is 4. The second kappa shape index (κ2) is 4.82. The molecule has 0 spiro atoms. The molecule has 8 heteroatoms. The van der Waals surface area contributed by atoms with Crippen LogP contribution in [0.2, 0.25) is 5.28 Å². The van der Waals surface area contributed by atoms with Gasteiger partial charge in [-0.2, -0.15) is 4.98 Å². The molecule has 1 N–H and O–H groups in total. The first kappa shape index (κ1) is 13.5. The van der Waals surface area contributed by atoms with Crippen LogP contribution in [-0.4, -0.2) is 38.2 Å². The quantitative estimate of drug-likeness (QED) is 0.509. The molecule has 20 heavy (non-hydrogen) atoms. The number of anilines is 1. The molecule has 3 heterocycles. The van der Waals surface area contributed by atoms with Gasteiger partial charge >= 0.3 is 5.69 Å². The minimum atomic E-state index is -0.453. The fourth-order valence-electron chi connectivity index (χ4n) is 3.41. The first-order chi connectivity index (χ1) is 9.47. The van der Waals surface area contributed by atoms with Gasteiger partial charge in [-0.1, -0.05) is 0 Å². The number of piperidine rings is 1. The highest BCUT2D eigenvalue weighted by Gasteiger charge is 2.44. The third-order valence-electron chi connectivity index (χ3n) is 4.15. The third kappa shape index (κ3) is 2.10. The highest BCUT2D eigenvalue weighted by molar-refractivity contribution is 6.28. The van der Waals surface area contributed by atoms with Crippen LogP contribution in [0.1, 0.15) is 31.4 Å². The molecule has 2 fully saturated rings. The van der Waals surface area contributed by atoms with Crippen molar-refractivity contribution in [2.24, 2.45) is 0 Å².